The van der Waals surface area contributed by atoms with E-state index in [0.29, 0.717) is 6.04 Å². The van der Waals surface area contributed by atoms with Crippen LogP contribution < -0.4 is 0 Å². The van der Waals surface area contributed by atoms with E-state index in [2.05, 4.69) is 42.3 Å². The highest BCUT2D eigenvalue weighted by atomic mass is 15.3. The lowest BCUT2D eigenvalue weighted by Gasteiger charge is -2.39. The van der Waals surface area contributed by atoms with Crippen LogP contribution in [0.5, 0.6) is 0 Å². The van der Waals surface area contributed by atoms with Crippen molar-refractivity contribution in [1.82, 2.24) is 9.80 Å². The first-order valence-electron chi connectivity index (χ1n) is 5.79. The second kappa shape index (κ2) is 5.00. The minimum atomic E-state index is 0.361. The van der Waals surface area contributed by atoms with Crippen molar-refractivity contribution in [2.24, 2.45) is 0 Å². The molecule has 0 amide bonds. The van der Waals surface area contributed by atoms with Crippen LogP contribution in [0.1, 0.15) is 18.5 Å². The summed E-state index contributed by atoms with van der Waals surface area (Å²) >= 11 is 0. The Morgan fingerprint density at radius 2 is 2.06 bits per heavy atom. The van der Waals surface area contributed by atoms with E-state index in [1.165, 1.54) is 5.56 Å². The van der Waals surface area contributed by atoms with Crippen LogP contribution in [0.25, 0.3) is 0 Å². The third-order valence-corrected chi connectivity index (χ3v) is 3.22. The number of hydrogen-bond donors (Lipinski definition) is 0. The van der Waals surface area contributed by atoms with Gasteiger partial charge in [0.05, 0.1) is 6.04 Å². The third kappa shape index (κ3) is 2.17. The Balaban J connectivity index is 2.19. The lowest BCUT2D eigenvalue weighted by molar-refractivity contribution is 0.112. The molecule has 1 saturated heterocycles. The Hall–Kier alpha value is -1.53. The van der Waals surface area contributed by atoms with Crippen molar-refractivity contribution in [1.29, 1.82) is 5.26 Å². The van der Waals surface area contributed by atoms with Gasteiger partial charge in [-0.05, 0) is 12.1 Å². The van der Waals surface area contributed by atoms with Gasteiger partial charge >= 0.3 is 0 Å². The van der Waals surface area contributed by atoms with Gasteiger partial charge in [-0.25, -0.2) is 0 Å². The number of hydrogen-bond acceptors (Lipinski definition) is 3. The maximum absolute atomic E-state index is 8.97. The molecular weight excluding hydrogens is 198 g/mol. The maximum atomic E-state index is 8.97. The fraction of sp³-hybridized carbons (Fsp3) is 0.462. The number of benzene rings is 1. The van der Waals surface area contributed by atoms with Crippen molar-refractivity contribution < 1.29 is 0 Å². The summed E-state index contributed by atoms with van der Waals surface area (Å²) in [5.41, 5.74) is 1.31. The molecule has 1 heterocycles. The highest BCUT2D eigenvalue weighted by Crippen LogP contribution is 2.24. The molecule has 84 valence electrons. The Kier molecular flexibility index (Phi) is 3.43. The van der Waals surface area contributed by atoms with E-state index in [-0.39, 0.29) is 0 Å². The molecule has 1 unspecified atom stereocenters. The minimum absolute atomic E-state index is 0.361. The molecule has 0 spiro atoms. The maximum Gasteiger partial charge on any atom is 0.179 e. The summed E-state index contributed by atoms with van der Waals surface area (Å²) in [4.78, 5) is 4.28. The van der Waals surface area contributed by atoms with Crippen LogP contribution in [0.4, 0.5) is 0 Å². The summed E-state index contributed by atoms with van der Waals surface area (Å²) in [6, 6.07) is 10.8. The Bertz CT molecular complexity index is 369. The van der Waals surface area contributed by atoms with Crippen LogP contribution in [0.2, 0.25) is 0 Å². The smallest absolute Gasteiger partial charge is 0.179 e. The van der Waals surface area contributed by atoms with Crippen molar-refractivity contribution in [3.63, 3.8) is 0 Å². The van der Waals surface area contributed by atoms with Gasteiger partial charge in [0.15, 0.2) is 6.19 Å². The zero-order valence-electron chi connectivity index (χ0n) is 9.63. The number of piperazine rings is 1. The average molecular weight is 215 g/mol. The summed E-state index contributed by atoms with van der Waals surface area (Å²) in [5, 5.41) is 8.97. The molecule has 1 atom stereocenters. The van der Waals surface area contributed by atoms with Gasteiger partial charge in [0.25, 0.3) is 0 Å². The van der Waals surface area contributed by atoms with Crippen LogP contribution in [-0.4, -0.2) is 36.0 Å². The van der Waals surface area contributed by atoms with Gasteiger partial charge in [0.2, 0.25) is 0 Å². The number of nitriles is 1. The van der Waals surface area contributed by atoms with E-state index >= 15 is 0 Å². The molecule has 1 aliphatic rings. The summed E-state index contributed by atoms with van der Waals surface area (Å²) in [7, 11) is 0. The summed E-state index contributed by atoms with van der Waals surface area (Å²) in [6.45, 7) is 5.86. The van der Waals surface area contributed by atoms with Gasteiger partial charge in [-0.15, -0.1) is 0 Å². The quantitative estimate of drug-likeness (QED) is 0.705. The van der Waals surface area contributed by atoms with Gasteiger partial charge in [0.1, 0.15) is 0 Å². The van der Waals surface area contributed by atoms with Gasteiger partial charge in [-0.2, -0.15) is 5.26 Å². The molecule has 0 aliphatic carbocycles. The number of likely N-dealkylation sites (N-methyl/N-ethyl adjacent to an activating group) is 1. The molecule has 0 N–H and O–H groups in total. The van der Waals surface area contributed by atoms with E-state index in [0.717, 1.165) is 26.2 Å². The van der Waals surface area contributed by atoms with Crippen molar-refractivity contribution >= 4 is 0 Å². The molecule has 0 radical (unpaired) electrons. The standard InChI is InChI=1S/C13H17N3/c1-2-16-9-8-15(11-14)10-13(16)12-6-4-3-5-7-12/h3-7,13H,2,8-10H2,1H3. The second-order valence-electron chi connectivity index (χ2n) is 4.10. The first kappa shape index (κ1) is 11.0. The second-order valence-corrected chi connectivity index (χ2v) is 4.10. The third-order valence-electron chi connectivity index (χ3n) is 3.22. The minimum Gasteiger partial charge on any atom is -0.307 e. The average Bonchev–Trinajstić information content (AvgIpc) is 2.39. The number of nitrogens with zero attached hydrogens (tertiary/aromatic N) is 3. The van der Waals surface area contributed by atoms with Crippen LogP contribution in [0.15, 0.2) is 30.3 Å². The lowest BCUT2D eigenvalue weighted by atomic mass is 10.0. The summed E-state index contributed by atoms with van der Waals surface area (Å²) in [6.07, 6.45) is 2.25. The van der Waals surface area contributed by atoms with Crippen molar-refractivity contribution in [2.45, 2.75) is 13.0 Å². The predicted molar refractivity (Wildman–Crippen MR) is 63.6 cm³/mol. The van der Waals surface area contributed by atoms with Crippen molar-refractivity contribution in [3.8, 4) is 6.19 Å². The van der Waals surface area contributed by atoms with Crippen LogP contribution in [-0.2, 0) is 0 Å². The van der Waals surface area contributed by atoms with E-state index in [4.69, 9.17) is 5.26 Å². The number of rotatable bonds is 2. The van der Waals surface area contributed by atoms with Crippen molar-refractivity contribution in [2.75, 3.05) is 26.2 Å². The fourth-order valence-electron chi connectivity index (χ4n) is 2.28. The van der Waals surface area contributed by atoms with Crippen LogP contribution in [0.3, 0.4) is 0 Å². The van der Waals surface area contributed by atoms with E-state index in [9.17, 15) is 0 Å². The highest BCUT2D eigenvalue weighted by Gasteiger charge is 2.26. The Labute approximate surface area is 96.9 Å². The Morgan fingerprint density at radius 3 is 2.69 bits per heavy atom. The molecule has 1 aromatic carbocycles. The molecule has 2 rings (SSSR count). The van der Waals surface area contributed by atoms with E-state index < -0.39 is 0 Å². The predicted octanol–water partition coefficient (Wildman–Crippen LogP) is 1.85. The molecule has 1 aromatic rings. The first-order chi connectivity index (χ1) is 7.85. The highest BCUT2D eigenvalue weighted by molar-refractivity contribution is 5.20. The topological polar surface area (TPSA) is 30.3 Å². The van der Waals surface area contributed by atoms with Gasteiger partial charge in [-0.1, -0.05) is 37.3 Å². The zero-order chi connectivity index (χ0) is 11.4. The molecule has 1 aliphatic heterocycles. The molecule has 0 bridgehead atoms. The monoisotopic (exact) mass is 215 g/mol. The zero-order valence-corrected chi connectivity index (χ0v) is 9.63. The molecule has 0 aromatic heterocycles. The van der Waals surface area contributed by atoms with E-state index in [1.54, 1.807) is 0 Å². The lowest BCUT2D eigenvalue weighted by Crippen LogP contribution is -2.46. The summed E-state index contributed by atoms with van der Waals surface area (Å²) in [5.74, 6) is 0. The molecular formula is C13H17N3. The fourth-order valence-corrected chi connectivity index (χ4v) is 2.28. The largest absolute Gasteiger partial charge is 0.307 e. The molecule has 16 heavy (non-hydrogen) atoms. The van der Waals surface area contributed by atoms with Crippen molar-refractivity contribution in [3.05, 3.63) is 35.9 Å². The van der Waals surface area contributed by atoms with Crippen LogP contribution >= 0.6 is 0 Å². The first-order valence-corrected chi connectivity index (χ1v) is 5.79. The van der Waals surface area contributed by atoms with Crippen LogP contribution in [0, 0.1) is 11.5 Å². The Morgan fingerprint density at radius 1 is 1.31 bits per heavy atom. The molecule has 3 nitrogen and oxygen atoms in total. The van der Waals surface area contributed by atoms with Gasteiger partial charge in [-0.3, -0.25) is 4.90 Å². The van der Waals surface area contributed by atoms with E-state index in [1.807, 2.05) is 11.0 Å². The molecule has 3 heteroatoms. The normalized spacial score (nSPS) is 21.8. The summed E-state index contributed by atoms with van der Waals surface area (Å²) < 4.78 is 0. The SMILES string of the molecule is CCN1CCN(C#N)CC1c1ccccc1. The molecule has 0 saturated carbocycles. The van der Waals surface area contributed by atoms with Gasteiger partial charge in [0, 0.05) is 19.6 Å². The van der Waals surface area contributed by atoms with Gasteiger partial charge < -0.3 is 4.90 Å². The molecule has 1 fully saturated rings.